The Morgan fingerprint density at radius 2 is 2.00 bits per heavy atom. The summed E-state index contributed by atoms with van der Waals surface area (Å²) in [6.45, 7) is 0. The standard InChI is InChI=1S/C6H4F3IN2O2S/c7-3-1-2(4(8)9)6(12-5(3)10)15(11,13)14/h1,4H,(H2,11,13,14). The van der Waals surface area contributed by atoms with Crippen molar-refractivity contribution in [3.8, 4) is 0 Å². The van der Waals surface area contributed by atoms with Crippen molar-refractivity contribution in [3.63, 3.8) is 0 Å². The van der Waals surface area contributed by atoms with Gasteiger partial charge in [-0.3, -0.25) is 0 Å². The van der Waals surface area contributed by atoms with Crippen LogP contribution in [0.1, 0.15) is 12.0 Å². The molecule has 4 nitrogen and oxygen atoms in total. The van der Waals surface area contributed by atoms with Crippen LogP contribution in [0.15, 0.2) is 11.1 Å². The van der Waals surface area contributed by atoms with E-state index < -0.39 is 32.9 Å². The van der Waals surface area contributed by atoms with Gasteiger partial charge >= 0.3 is 0 Å². The number of pyridine rings is 1. The van der Waals surface area contributed by atoms with Crippen LogP contribution < -0.4 is 5.14 Å². The zero-order valence-electron chi connectivity index (χ0n) is 6.92. The third-order valence-corrected chi connectivity index (χ3v) is 3.05. The lowest BCUT2D eigenvalue weighted by molar-refractivity contribution is 0.146. The molecule has 0 radical (unpaired) electrons. The Kier molecular flexibility index (Phi) is 3.55. The molecule has 0 spiro atoms. The van der Waals surface area contributed by atoms with E-state index in [4.69, 9.17) is 0 Å². The molecule has 0 aliphatic carbocycles. The number of hydrogen-bond donors (Lipinski definition) is 1. The summed E-state index contributed by atoms with van der Waals surface area (Å²) in [5.41, 5.74) is -1.03. The summed E-state index contributed by atoms with van der Waals surface area (Å²) in [6.07, 6.45) is -3.16. The monoisotopic (exact) mass is 352 g/mol. The molecule has 1 aromatic rings. The molecule has 2 N–H and O–H groups in total. The van der Waals surface area contributed by atoms with E-state index in [1.54, 1.807) is 0 Å². The van der Waals surface area contributed by atoms with E-state index in [1.807, 2.05) is 0 Å². The molecule has 15 heavy (non-hydrogen) atoms. The Morgan fingerprint density at radius 1 is 1.47 bits per heavy atom. The number of primary sulfonamides is 1. The molecule has 9 heteroatoms. The molecule has 84 valence electrons. The largest absolute Gasteiger partial charge is 0.266 e. The highest BCUT2D eigenvalue weighted by molar-refractivity contribution is 14.1. The number of nitrogens with two attached hydrogens (primary N) is 1. The topological polar surface area (TPSA) is 73.1 Å². The van der Waals surface area contributed by atoms with Crippen molar-refractivity contribution in [2.45, 2.75) is 11.5 Å². The van der Waals surface area contributed by atoms with Gasteiger partial charge in [-0.15, -0.1) is 0 Å². The van der Waals surface area contributed by atoms with E-state index in [-0.39, 0.29) is 3.70 Å². The SMILES string of the molecule is NS(=O)(=O)c1nc(I)c(F)cc1C(F)F. The summed E-state index contributed by atoms with van der Waals surface area (Å²) < 4.78 is 59.0. The molecule has 0 fully saturated rings. The van der Waals surface area contributed by atoms with E-state index in [0.717, 1.165) is 0 Å². The fraction of sp³-hybridized carbons (Fsp3) is 0.167. The second kappa shape index (κ2) is 4.22. The van der Waals surface area contributed by atoms with Crippen molar-refractivity contribution >= 4 is 32.6 Å². The third kappa shape index (κ3) is 2.78. The zero-order valence-corrected chi connectivity index (χ0v) is 9.89. The van der Waals surface area contributed by atoms with Crippen LogP contribution in [0.25, 0.3) is 0 Å². The maximum Gasteiger partial charge on any atom is 0.266 e. The van der Waals surface area contributed by atoms with Crippen molar-refractivity contribution < 1.29 is 21.6 Å². The molecule has 0 amide bonds. The first-order valence-corrected chi connectivity index (χ1v) is 6.03. The van der Waals surface area contributed by atoms with Gasteiger partial charge in [0.05, 0.1) is 5.56 Å². The van der Waals surface area contributed by atoms with Crippen LogP contribution >= 0.6 is 22.6 Å². The molecular weight excluding hydrogens is 348 g/mol. The number of alkyl halides is 2. The van der Waals surface area contributed by atoms with E-state index >= 15 is 0 Å². The van der Waals surface area contributed by atoms with Gasteiger partial charge in [0, 0.05) is 0 Å². The summed E-state index contributed by atoms with van der Waals surface area (Å²) in [5, 5.41) is 3.67. The Bertz CT molecular complexity index is 491. The molecule has 0 aliphatic heterocycles. The minimum Gasteiger partial charge on any atom is -0.225 e. The van der Waals surface area contributed by atoms with Gasteiger partial charge in [0.1, 0.15) is 3.70 Å². The molecule has 0 aromatic carbocycles. The number of sulfonamides is 1. The lowest BCUT2D eigenvalue weighted by Crippen LogP contribution is -2.18. The van der Waals surface area contributed by atoms with E-state index in [2.05, 4.69) is 10.1 Å². The molecular formula is C6H4F3IN2O2S. The van der Waals surface area contributed by atoms with E-state index in [9.17, 15) is 21.6 Å². The van der Waals surface area contributed by atoms with Gasteiger partial charge in [0.2, 0.25) is 0 Å². The van der Waals surface area contributed by atoms with Crippen LogP contribution in [-0.2, 0) is 10.0 Å². The Labute approximate surface area is 96.9 Å². The molecule has 0 unspecified atom stereocenters. The summed E-state index contributed by atoms with van der Waals surface area (Å²) in [5.74, 6) is -1.02. The van der Waals surface area contributed by atoms with E-state index in [1.165, 1.54) is 22.6 Å². The molecule has 1 aromatic heterocycles. The van der Waals surface area contributed by atoms with Crippen LogP contribution in [0.5, 0.6) is 0 Å². The van der Waals surface area contributed by atoms with Crippen LogP contribution in [0.3, 0.4) is 0 Å². The fourth-order valence-corrected chi connectivity index (χ4v) is 2.10. The van der Waals surface area contributed by atoms with Crippen molar-refractivity contribution in [1.29, 1.82) is 0 Å². The number of rotatable bonds is 2. The Hall–Kier alpha value is -0.420. The Balaban J connectivity index is 3.56. The number of hydrogen-bond acceptors (Lipinski definition) is 3. The first-order chi connectivity index (χ1) is 6.73. The maximum atomic E-state index is 12.9. The van der Waals surface area contributed by atoms with Gasteiger partial charge in [-0.1, -0.05) is 0 Å². The highest BCUT2D eigenvalue weighted by Crippen LogP contribution is 2.26. The molecule has 0 saturated carbocycles. The van der Waals surface area contributed by atoms with Crippen molar-refractivity contribution in [1.82, 2.24) is 4.98 Å². The van der Waals surface area contributed by atoms with Crippen LogP contribution in [-0.4, -0.2) is 13.4 Å². The molecule has 0 bridgehead atoms. The van der Waals surface area contributed by atoms with Crippen molar-refractivity contribution in [3.05, 3.63) is 21.1 Å². The maximum absolute atomic E-state index is 12.9. The lowest BCUT2D eigenvalue weighted by Gasteiger charge is -2.06. The third-order valence-electron chi connectivity index (χ3n) is 1.43. The average molecular weight is 352 g/mol. The van der Waals surface area contributed by atoms with Crippen molar-refractivity contribution in [2.75, 3.05) is 0 Å². The van der Waals surface area contributed by atoms with Crippen LogP contribution in [0.4, 0.5) is 13.2 Å². The quantitative estimate of drug-likeness (QED) is 0.646. The Morgan fingerprint density at radius 3 is 2.40 bits per heavy atom. The molecule has 0 saturated heterocycles. The highest BCUT2D eigenvalue weighted by Gasteiger charge is 2.24. The number of halogens is 4. The predicted octanol–water partition coefficient (Wildman–Crippen LogP) is 1.41. The van der Waals surface area contributed by atoms with E-state index in [0.29, 0.717) is 6.07 Å². The normalized spacial score (nSPS) is 12.1. The van der Waals surface area contributed by atoms with Crippen LogP contribution in [0.2, 0.25) is 0 Å². The second-order valence-electron chi connectivity index (χ2n) is 2.50. The van der Waals surface area contributed by atoms with Gasteiger partial charge in [0.25, 0.3) is 16.4 Å². The number of nitrogens with zero attached hydrogens (tertiary/aromatic N) is 1. The second-order valence-corrected chi connectivity index (χ2v) is 5.00. The minimum atomic E-state index is -4.38. The van der Waals surface area contributed by atoms with Gasteiger partial charge < -0.3 is 0 Å². The first-order valence-electron chi connectivity index (χ1n) is 3.40. The molecule has 1 heterocycles. The minimum absolute atomic E-state index is 0.332. The fourth-order valence-electron chi connectivity index (χ4n) is 0.849. The highest BCUT2D eigenvalue weighted by atomic mass is 127. The van der Waals surface area contributed by atoms with Gasteiger partial charge in [-0.25, -0.2) is 31.7 Å². The molecule has 0 aliphatic rings. The smallest absolute Gasteiger partial charge is 0.225 e. The van der Waals surface area contributed by atoms with Gasteiger partial charge in [-0.05, 0) is 28.7 Å². The summed E-state index contributed by atoms with van der Waals surface area (Å²) in [7, 11) is -4.38. The van der Waals surface area contributed by atoms with Gasteiger partial charge in [-0.2, -0.15) is 0 Å². The number of aromatic nitrogens is 1. The van der Waals surface area contributed by atoms with Crippen LogP contribution in [0, 0.1) is 9.52 Å². The summed E-state index contributed by atoms with van der Waals surface area (Å²) >= 11 is 1.38. The predicted molar refractivity (Wildman–Crippen MR) is 53.2 cm³/mol. The zero-order chi connectivity index (χ0) is 11.8. The van der Waals surface area contributed by atoms with Gasteiger partial charge in [0.15, 0.2) is 10.8 Å². The van der Waals surface area contributed by atoms with Crippen molar-refractivity contribution in [2.24, 2.45) is 5.14 Å². The molecule has 0 atom stereocenters. The lowest BCUT2D eigenvalue weighted by atomic mass is 10.3. The molecule has 1 rings (SSSR count). The summed E-state index contributed by atoms with van der Waals surface area (Å²) in [6, 6.07) is 0.416. The first kappa shape index (κ1) is 12.6. The summed E-state index contributed by atoms with van der Waals surface area (Å²) in [4.78, 5) is 3.18. The average Bonchev–Trinajstić information content (AvgIpc) is 2.06.